The van der Waals surface area contributed by atoms with Gasteiger partial charge in [-0.3, -0.25) is 14.5 Å². The van der Waals surface area contributed by atoms with Gasteiger partial charge in [0.05, 0.1) is 26.3 Å². The molecule has 2 aliphatic heterocycles. The lowest BCUT2D eigenvalue weighted by atomic mass is 9.90. The van der Waals surface area contributed by atoms with E-state index in [1.54, 1.807) is 7.11 Å². The lowest BCUT2D eigenvalue weighted by Crippen LogP contribution is -2.73. The van der Waals surface area contributed by atoms with Crippen LogP contribution in [0.5, 0.6) is 0 Å². The fourth-order valence-electron chi connectivity index (χ4n) is 3.25. The van der Waals surface area contributed by atoms with Crippen LogP contribution in [0, 0.1) is 5.92 Å². The van der Waals surface area contributed by atoms with Gasteiger partial charge in [0.2, 0.25) is 11.8 Å². The Balaban J connectivity index is 1.76. The van der Waals surface area contributed by atoms with E-state index in [-0.39, 0.29) is 23.5 Å². The van der Waals surface area contributed by atoms with Crippen molar-refractivity contribution < 1.29 is 19.1 Å². The highest BCUT2D eigenvalue weighted by atomic mass is 16.5. The van der Waals surface area contributed by atoms with Crippen LogP contribution in [0.15, 0.2) is 0 Å². The molecule has 2 aliphatic rings. The summed E-state index contributed by atoms with van der Waals surface area (Å²) in [7, 11) is 3.55. The minimum absolute atomic E-state index is 0.0337. The van der Waals surface area contributed by atoms with Gasteiger partial charge in [-0.05, 0) is 19.4 Å². The van der Waals surface area contributed by atoms with Crippen LogP contribution >= 0.6 is 0 Å². The van der Waals surface area contributed by atoms with Crippen molar-refractivity contribution in [1.82, 2.24) is 15.1 Å². The van der Waals surface area contributed by atoms with Crippen LogP contribution in [-0.4, -0.2) is 86.8 Å². The molecule has 1 atom stereocenters. The number of carbonyl (C=O) groups is 2. The van der Waals surface area contributed by atoms with Crippen molar-refractivity contribution in [3.63, 3.8) is 0 Å². The molecule has 1 N–H and O–H groups in total. The Morgan fingerprint density at radius 2 is 2.04 bits per heavy atom. The van der Waals surface area contributed by atoms with Crippen LogP contribution in [0.2, 0.25) is 0 Å². The summed E-state index contributed by atoms with van der Waals surface area (Å²) in [6, 6.07) is -0.279. The molecule has 0 aromatic heterocycles. The average molecular weight is 341 g/mol. The Morgan fingerprint density at radius 1 is 1.33 bits per heavy atom. The highest BCUT2D eigenvalue weighted by Crippen LogP contribution is 2.31. The van der Waals surface area contributed by atoms with Gasteiger partial charge in [0.15, 0.2) is 0 Å². The zero-order chi connectivity index (χ0) is 17.7. The summed E-state index contributed by atoms with van der Waals surface area (Å²) in [5, 5.41) is 2.85. The summed E-state index contributed by atoms with van der Waals surface area (Å²) in [6.45, 7) is 7.55. The number of rotatable bonds is 7. The highest BCUT2D eigenvalue weighted by molar-refractivity contribution is 5.82. The Bertz CT molecular complexity index is 449. The first-order valence-electron chi connectivity index (χ1n) is 8.75. The molecule has 0 bridgehead atoms. The Morgan fingerprint density at radius 3 is 2.62 bits per heavy atom. The maximum absolute atomic E-state index is 12.2. The van der Waals surface area contributed by atoms with Crippen LogP contribution in [0.25, 0.3) is 0 Å². The van der Waals surface area contributed by atoms with Gasteiger partial charge in [0.1, 0.15) is 11.6 Å². The molecule has 0 saturated carbocycles. The number of nitrogens with zero attached hydrogens (tertiary/aromatic N) is 2. The molecule has 0 aromatic carbocycles. The quantitative estimate of drug-likeness (QED) is 0.665. The molecule has 2 heterocycles. The van der Waals surface area contributed by atoms with Gasteiger partial charge in [-0.25, -0.2) is 0 Å². The third kappa shape index (κ3) is 4.68. The number of hydrogen-bond donors (Lipinski definition) is 1. The van der Waals surface area contributed by atoms with E-state index in [9.17, 15) is 9.59 Å². The molecule has 2 amide bonds. The second-order valence-corrected chi connectivity index (χ2v) is 7.39. The molecular weight excluding hydrogens is 310 g/mol. The summed E-state index contributed by atoms with van der Waals surface area (Å²) < 4.78 is 10.9. The van der Waals surface area contributed by atoms with Crippen molar-refractivity contribution in [3.8, 4) is 0 Å². The van der Waals surface area contributed by atoms with Gasteiger partial charge in [-0.1, -0.05) is 13.8 Å². The number of likely N-dealkylation sites (N-methyl/N-ethyl adjacent to an activating group) is 1. The topological polar surface area (TPSA) is 71.1 Å². The number of amides is 2. The second-order valence-electron chi connectivity index (χ2n) is 7.39. The van der Waals surface area contributed by atoms with Gasteiger partial charge >= 0.3 is 0 Å². The molecular formula is C17H31N3O4. The lowest BCUT2D eigenvalue weighted by Gasteiger charge is -2.54. The number of morpholine rings is 1. The molecule has 7 heteroatoms. The first-order valence-corrected chi connectivity index (χ1v) is 8.75. The standard InChI is InChI=1S/C17H31N3O4/c1-13(2)5-6-15(21)20-11-17(12-20)10-19(3)14(9-24-17)16(22)18-7-8-23-4/h13-14H,5-12H2,1-4H3,(H,18,22). The normalized spacial score (nSPS) is 23.4. The van der Waals surface area contributed by atoms with Crippen LogP contribution in [0.4, 0.5) is 0 Å². The summed E-state index contributed by atoms with van der Waals surface area (Å²) in [5.74, 6) is 0.715. The summed E-state index contributed by atoms with van der Waals surface area (Å²) >= 11 is 0. The largest absolute Gasteiger partial charge is 0.383 e. The SMILES string of the molecule is COCCNC(=O)C1COC2(CN(C(=O)CCC(C)C)C2)CN1C. The highest BCUT2D eigenvalue weighted by Gasteiger charge is 2.50. The van der Waals surface area contributed by atoms with Crippen molar-refractivity contribution >= 4 is 11.8 Å². The van der Waals surface area contributed by atoms with Gasteiger partial charge < -0.3 is 19.7 Å². The fraction of sp³-hybridized carbons (Fsp3) is 0.882. The maximum atomic E-state index is 12.2. The van der Waals surface area contributed by atoms with Crippen molar-refractivity contribution in [2.75, 3.05) is 53.6 Å². The molecule has 7 nitrogen and oxygen atoms in total. The van der Waals surface area contributed by atoms with E-state index in [1.807, 2.05) is 16.8 Å². The van der Waals surface area contributed by atoms with Crippen molar-refractivity contribution in [2.24, 2.45) is 5.92 Å². The van der Waals surface area contributed by atoms with E-state index >= 15 is 0 Å². The first kappa shape index (κ1) is 19.1. The van der Waals surface area contributed by atoms with Crippen LogP contribution in [0.3, 0.4) is 0 Å². The molecule has 138 valence electrons. The predicted molar refractivity (Wildman–Crippen MR) is 90.6 cm³/mol. The number of ether oxygens (including phenoxy) is 2. The fourth-order valence-corrected chi connectivity index (χ4v) is 3.25. The van der Waals surface area contributed by atoms with Crippen LogP contribution in [0.1, 0.15) is 26.7 Å². The molecule has 2 rings (SSSR count). The molecule has 0 aromatic rings. The van der Waals surface area contributed by atoms with Crippen LogP contribution in [-0.2, 0) is 19.1 Å². The number of likely N-dealkylation sites (tertiary alicyclic amines) is 1. The monoisotopic (exact) mass is 341 g/mol. The molecule has 2 saturated heterocycles. The summed E-state index contributed by atoms with van der Waals surface area (Å²) in [4.78, 5) is 28.2. The molecule has 1 unspecified atom stereocenters. The van der Waals surface area contributed by atoms with Crippen molar-refractivity contribution in [2.45, 2.75) is 38.3 Å². The lowest BCUT2D eigenvalue weighted by molar-refractivity contribution is -0.201. The van der Waals surface area contributed by atoms with E-state index in [1.165, 1.54) is 0 Å². The van der Waals surface area contributed by atoms with Crippen molar-refractivity contribution in [3.05, 3.63) is 0 Å². The maximum Gasteiger partial charge on any atom is 0.239 e. The van der Waals surface area contributed by atoms with Crippen molar-refractivity contribution in [1.29, 1.82) is 0 Å². The van der Waals surface area contributed by atoms with Gasteiger partial charge in [-0.2, -0.15) is 0 Å². The Kier molecular flexibility index (Phi) is 6.60. The molecule has 24 heavy (non-hydrogen) atoms. The predicted octanol–water partition coefficient (Wildman–Crippen LogP) is 0.0968. The van der Waals surface area contributed by atoms with E-state index in [0.717, 1.165) is 6.42 Å². The number of methoxy groups -OCH3 is 1. The zero-order valence-corrected chi connectivity index (χ0v) is 15.3. The van der Waals surface area contributed by atoms with Crippen LogP contribution < -0.4 is 5.32 Å². The Hall–Kier alpha value is -1.18. The Labute approximate surface area is 144 Å². The van der Waals surface area contributed by atoms with E-state index in [2.05, 4.69) is 19.2 Å². The smallest absolute Gasteiger partial charge is 0.239 e. The summed E-state index contributed by atoms with van der Waals surface area (Å²) in [6.07, 6.45) is 1.53. The third-order valence-corrected chi connectivity index (χ3v) is 4.77. The third-order valence-electron chi connectivity index (χ3n) is 4.77. The van der Waals surface area contributed by atoms with Gasteiger partial charge in [0.25, 0.3) is 0 Å². The number of nitrogens with one attached hydrogen (secondary N) is 1. The molecule has 2 fully saturated rings. The average Bonchev–Trinajstić information content (AvgIpc) is 2.50. The zero-order valence-electron chi connectivity index (χ0n) is 15.3. The summed E-state index contributed by atoms with van der Waals surface area (Å²) in [5.41, 5.74) is -0.300. The second kappa shape index (κ2) is 8.27. The molecule has 0 aliphatic carbocycles. The van der Waals surface area contributed by atoms with E-state index in [0.29, 0.717) is 51.7 Å². The number of hydrogen-bond acceptors (Lipinski definition) is 5. The van der Waals surface area contributed by atoms with Gasteiger partial charge in [-0.15, -0.1) is 0 Å². The van der Waals surface area contributed by atoms with E-state index < -0.39 is 0 Å². The van der Waals surface area contributed by atoms with Gasteiger partial charge in [0, 0.05) is 26.6 Å². The number of carbonyl (C=O) groups excluding carboxylic acids is 2. The molecule has 1 spiro atoms. The van der Waals surface area contributed by atoms with E-state index in [4.69, 9.17) is 9.47 Å². The minimum Gasteiger partial charge on any atom is -0.383 e. The minimum atomic E-state index is -0.300. The molecule has 0 radical (unpaired) electrons. The first-order chi connectivity index (χ1) is 11.4.